The summed E-state index contributed by atoms with van der Waals surface area (Å²) in [6.07, 6.45) is 0. The molecule has 0 spiro atoms. The van der Waals surface area contributed by atoms with Crippen molar-refractivity contribution < 1.29 is 4.79 Å². The number of hydrogen-bond acceptors (Lipinski definition) is 2. The van der Waals surface area contributed by atoms with Crippen molar-refractivity contribution in [2.75, 3.05) is 20.1 Å². The third kappa shape index (κ3) is 3.47. The first kappa shape index (κ1) is 13.9. The summed E-state index contributed by atoms with van der Waals surface area (Å²) in [7, 11) is 2.12. The average molecular weight is 261 g/mol. The lowest BCUT2D eigenvalue weighted by Crippen LogP contribution is -2.58. The van der Waals surface area contributed by atoms with Gasteiger partial charge in [0, 0.05) is 31.7 Å². The van der Waals surface area contributed by atoms with Gasteiger partial charge in [-0.15, -0.1) is 0 Å². The summed E-state index contributed by atoms with van der Waals surface area (Å²) < 4.78 is 0. The lowest BCUT2D eigenvalue weighted by atomic mass is 10.1. The van der Waals surface area contributed by atoms with Crippen molar-refractivity contribution in [3.05, 3.63) is 35.9 Å². The maximum atomic E-state index is 12.2. The van der Waals surface area contributed by atoms with Gasteiger partial charge in [0.05, 0.1) is 0 Å². The standard InChI is InChI=1S/C15H23N3O/c1-12-10-18(11-13(2)17(12)3)15(19)16-9-14-7-5-4-6-8-14/h4-8,12-13H,9-11H2,1-3H3,(H,16,19)/t12-,13+. The normalized spacial score (nSPS) is 24.3. The Balaban J connectivity index is 1.87. The van der Waals surface area contributed by atoms with E-state index in [-0.39, 0.29) is 6.03 Å². The molecule has 4 nitrogen and oxygen atoms in total. The smallest absolute Gasteiger partial charge is 0.317 e. The zero-order chi connectivity index (χ0) is 13.8. The van der Waals surface area contributed by atoms with Crippen LogP contribution >= 0.6 is 0 Å². The second kappa shape index (κ2) is 6.06. The Morgan fingerprint density at radius 2 is 1.79 bits per heavy atom. The molecule has 2 rings (SSSR count). The number of nitrogens with zero attached hydrogens (tertiary/aromatic N) is 2. The number of piperazine rings is 1. The Bertz CT molecular complexity index is 409. The van der Waals surface area contributed by atoms with Crippen LogP contribution in [0.3, 0.4) is 0 Å². The van der Waals surface area contributed by atoms with Crippen LogP contribution in [0.5, 0.6) is 0 Å². The van der Waals surface area contributed by atoms with E-state index in [9.17, 15) is 4.79 Å². The van der Waals surface area contributed by atoms with Crippen molar-refractivity contribution in [1.82, 2.24) is 15.1 Å². The predicted molar refractivity (Wildman–Crippen MR) is 76.9 cm³/mol. The molecule has 0 bridgehead atoms. The van der Waals surface area contributed by atoms with Crippen LogP contribution in [0, 0.1) is 0 Å². The second-order valence-corrected chi connectivity index (χ2v) is 5.41. The molecule has 2 atom stereocenters. The molecule has 0 aliphatic carbocycles. The SMILES string of the molecule is C[C@@H]1CN(C(=O)NCc2ccccc2)C[C@H](C)N1C. The first-order valence-corrected chi connectivity index (χ1v) is 6.86. The van der Waals surface area contributed by atoms with E-state index in [1.54, 1.807) is 0 Å². The van der Waals surface area contributed by atoms with Gasteiger partial charge in [0.25, 0.3) is 0 Å². The molecule has 1 saturated heterocycles. The van der Waals surface area contributed by atoms with Crippen LogP contribution < -0.4 is 5.32 Å². The molecule has 1 fully saturated rings. The van der Waals surface area contributed by atoms with Crippen LogP contribution in [0.4, 0.5) is 4.79 Å². The molecular weight excluding hydrogens is 238 g/mol. The summed E-state index contributed by atoms with van der Waals surface area (Å²) in [4.78, 5) is 16.4. The number of rotatable bonds is 2. The van der Waals surface area contributed by atoms with Gasteiger partial charge >= 0.3 is 6.03 Å². The zero-order valence-electron chi connectivity index (χ0n) is 12.0. The molecule has 1 aromatic carbocycles. The highest BCUT2D eigenvalue weighted by Crippen LogP contribution is 2.13. The van der Waals surface area contributed by atoms with Crippen LogP contribution in [0.1, 0.15) is 19.4 Å². The van der Waals surface area contributed by atoms with Crippen LogP contribution in [0.15, 0.2) is 30.3 Å². The van der Waals surface area contributed by atoms with Crippen LogP contribution in [0.2, 0.25) is 0 Å². The summed E-state index contributed by atoms with van der Waals surface area (Å²) in [5.74, 6) is 0. The van der Waals surface area contributed by atoms with E-state index >= 15 is 0 Å². The van der Waals surface area contributed by atoms with Crippen LogP contribution in [0.25, 0.3) is 0 Å². The van der Waals surface area contributed by atoms with E-state index < -0.39 is 0 Å². The molecule has 0 unspecified atom stereocenters. The molecule has 0 saturated carbocycles. The van der Waals surface area contributed by atoms with Gasteiger partial charge < -0.3 is 10.2 Å². The summed E-state index contributed by atoms with van der Waals surface area (Å²) in [5.41, 5.74) is 1.13. The quantitative estimate of drug-likeness (QED) is 0.883. The number of amides is 2. The molecule has 1 heterocycles. The van der Waals surface area contributed by atoms with Gasteiger partial charge in [0.2, 0.25) is 0 Å². The highest BCUT2D eigenvalue weighted by molar-refractivity contribution is 5.74. The van der Waals surface area contributed by atoms with E-state index in [4.69, 9.17) is 0 Å². The number of urea groups is 1. The Morgan fingerprint density at radius 3 is 2.37 bits per heavy atom. The molecule has 0 radical (unpaired) electrons. The number of benzene rings is 1. The Morgan fingerprint density at radius 1 is 1.21 bits per heavy atom. The summed E-state index contributed by atoms with van der Waals surface area (Å²) in [6, 6.07) is 10.9. The Hall–Kier alpha value is -1.55. The summed E-state index contributed by atoms with van der Waals surface area (Å²) >= 11 is 0. The molecular formula is C15H23N3O. The van der Waals surface area contributed by atoms with Gasteiger partial charge in [-0.1, -0.05) is 30.3 Å². The first-order chi connectivity index (χ1) is 9.08. The fourth-order valence-corrected chi connectivity index (χ4v) is 2.46. The van der Waals surface area contributed by atoms with E-state index in [1.165, 1.54) is 0 Å². The van der Waals surface area contributed by atoms with E-state index in [0.717, 1.165) is 18.7 Å². The monoisotopic (exact) mass is 261 g/mol. The zero-order valence-corrected chi connectivity index (χ0v) is 12.0. The van der Waals surface area contributed by atoms with Crippen molar-refractivity contribution in [2.24, 2.45) is 0 Å². The van der Waals surface area contributed by atoms with Gasteiger partial charge in [0.1, 0.15) is 0 Å². The molecule has 1 aromatic rings. The van der Waals surface area contributed by atoms with E-state index in [1.807, 2.05) is 35.2 Å². The average Bonchev–Trinajstić information content (AvgIpc) is 2.42. The van der Waals surface area contributed by atoms with Gasteiger partial charge in [-0.2, -0.15) is 0 Å². The minimum atomic E-state index is 0.0376. The van der Waals surface area contributed by atoms with E-state index in [0.29, 0.717) is 18.6 Å². The molecule has 1 aliphatic heterocycles. The minimum absolute atomic E-state index is 0.0376. The number of hydrogen-bond donors (Lipinski definition) is 1. The van der Waals surface area contributed by atoms with Crippen LogP contribution in [-0.4, -0.2) is 48.1 Å². The van der Waals surface area contributed by atoms with Crippen molar-refractivity contribution in [3.8, 4) is 0 Å². The van der Waals surface area contributed by atoms with E-state index in [2.05, 4.69) is 31.1 Å². The maximum Gasteiger partial charge on any atom is 0.317 e. The van der Waals surface area contributed by atoms with Gasteiger partial charge in [-0.05, 0) is 26.5 Å². The molecule has 104 valence electrons. The van der Waals surface area contributed by atoms with Crippen molar-refractivity contribution in [3.63, 3.8) is 0 Å². The third-order valence-electron chi connectivity index (χ3n) is 3.93. The summed E-state index contributed by atoms with van der Waals surface area (Å²) in [5, 5.41) is 2.99. The first-order valence-electron chi connectivity index (χ1n) is 6.86. The van der Waals surface area contributed by atoms with Gasteiger partial charge in [-0.3, -0.25) is 4.90 Å². The van der Waals surface area contributed by atoms with Crippen LogP contribution in [-0.2, 0) is 6.54 Å². The fourth-order valence-electron chi connectivity index (χ4n) is 2.46. The Labute approximate surface area is 115 Å². The Kier molecular flexibility index (Phi) is 4.43. The molecule has 1 N–H and O–H groups in total. The summed E-state index contributed by atoms with van der Waals surface area (Å²) in [6.45, 7) is 6.50. The molecule has 0 aromatic heterocycles. The molecule has 1 aliphatic rings. The van der Waals surface area contributed by atoms with Gasteiger partial charge in [-0.25, -0.2) is 4.79 Å². The lowest BCUT2D eigenvalue weighted by Gasteiger charge is -2.42. The fraction of sp³-hybridized carbons (Fsp3) is 0.533. The largest absolute Gasteiger partial charge is 0.334 e. The topological polar surface area (TPSA) is 35.6 Å². The number of carbonyl (C=O) groups excluding carboxylic acids is 1. The third-order valence-corrected chi connectivity index (χ3v) is 3.93. The molecule has 19 heavy (non-hydrogen) atoms. The minimum Gasteiger partial charge on any atom is -0.334 e. The number of likely N-dealkylation sites (N-methyl/N-ethyl adjacent to an activating group) is 1. The van der Waals surface area contributed by atoms with Crippen molar-refractivity contribution >= 4 is 6.03 Å². The highest BCUT2D eigenvalue weighted by atomic mass is 16.2. The maximum absolute atomic E-state index is 12.2. The molecule has 2 amide bonds. The molecule has 4 heteroatoms. The van der Waals surface area contributed by atoms with Crippen molar-refractivity contribution in [1.29, 1.82) is 0 Å². The van der Waals surface area contributed by atoms with Crippen molar-refractivity contribution in [2.45, 2.75) is 32.5 Å². The highest BCUT2D eigenvalue weighted by Gasteiger charge is 2.28. The van der Waals surface area contributed by atoms with Gasteiger partial charge in [0.15, 0.2) is 0 Å². The predicted octanol–water partition coefficient (Wildman–Crippen LogP) is 1.92. The lowest BCUT2D eigenvalue weighted by molar-refractivity contribution is 0.0769. The second-order valence-electron chi connectivity index (χ2n) is 5.41. The number of carbonyl (C=O) groups is 1. The number of nitrogens with one attached hydrogen (secondary N) is 1.